The van der Waals surface area contributed by atoms with Gasteiger partial charge in [-0.2, -0.15) is 5.10 Å². The van der Waals surface area contributed by atoms with Crippen LogP contribution < -0.4 is 15.5 Å². The van der Waals surface area contributed by atoms with Gasteiger partial charge < -0.3 is 5.32 Å². The monoisotopic (exact) mass is 462 g/mol. The van der Waals surface area contributed by atoms with Gasteiger partial charge in [0.2, 0.25) is 11.4 Å². The van der Waals surface area contributed by atoms with Crippen LogP contribution in [0.4, 0.5) is 11.6 Å². The van der Waals surface area contributed by atoms with Gasteiger partial charge in [-0.25, -0.2) is 27.8 Å². The fourth-order valence-electron chi connectivity index (χ4n) is 2.84. The van der Waals surface area contributed by atoms with E-state index in [1.807, 2.05) is 31.2 Å². The van der Waals surface area contributed by atoms with Crippen LogP contribution in [0.3, 0.4) is 0 Å². The van der Waals surface area contributed by atoms with Crippen LogP contribution in [-0.2, 0) is 10.0 Å². The third kappa shape index (κ3) is 5.10. The molecule has 166 valence electrons. The van der Waals surface area contributed by atoms with E-state index in [9.17, 15) is 18.0 Å². The Bertz CT molecular complexity index is 1450. The van der Waals surface area contributed by atoms with Crippen molar-refractivity contribution in [3.63, 3.8) is 0 Å². The SMILES string of the molecule is Cc1ccc(-n2ccc(=O)c(C(=O)Nc3ccc(S(=O)(=O)Nc4ncccn4)cc3)n2)cc1. The average molecular weight is 462 g/mol. The van der Waals surface area contributed by atoms with E-state index in [-0.39, 0.29) is 16.5 Å². The highest BCUT2D eigenvalue weighted by Gasteiger charge is 2.17. The number of sulfonamides is 1. The second-order valence-corrected chi connectivity index (χ2v) is 8.65. The predicted molar refractivity (Wildman–Crippen MR) is 122 cm³/mol. The van der Waals surface area contributed by atoms with E-state index in [1.54, 1.807) is 6.07 Å². The first-order valence-electron chi connectivity index (χ1n) is 9.70. The quantitative estimate of drug-likeness (QED) is 0.449. The zero-order chi connectivity index (χ0) is 23.4. The van der Waals surface area contributed by atoms with Crippen molar-refractivity contribution in [1.29, 1.82) is 0 Å². The maximum absolute atomic E-state index is 12.7. The summed E-state index contributed by atoms with van der Waals surface area (Å²) in [5, 5.41) is 6.70. The lowest BCUT2D eigenvalue weighted by atomic mass is 10.2. The maximum atomic E-state index is 12.7. The number of hydrogen-bond acceptors (Lipinski definition) is 7. The molecule has 0 bridgehead atoms. The molecular weight excluding hydrogens is 444 g/mol. The highest BCUT2D eigenvalue weighted by molar-refractivity contribution is 7.92. The van der Waals surface area contributed by atoms with Gasteiger partial charge in [0.05, 0.1) is 10.6 Å². The minimum atomic E-state index is -3.91. The first-order chi connectivity index (χ1) is 15.8. The van der Waals surface area contributed by atoms with Crippen molar-refractivity contribution in [3.8, 4) is 5.69 Å². The summed E-state index contributed by atoms with van der Waals surface area (Å²) in [5.41, 5.74) is 1.22. The van der Waals surface area contributed by atoms with E-state index in [1.165, 1.54) is 53.6 Å². The number of nitrogens with one attached hydrogen (secondary N) is 2. The Hall–Kier alpha value is -4.38. The van der Waals surface area contributed by atoms with Crippen molar-refractivity contribution >= 4 is 27.6 Å². The molecule has 0 radical (unpaired) electrons. The number of carbonyl (C=O) groups is 1. The molecule has 0 saturated heterocycles. The maximum Gasteiger partial charge on any atom is 0.280 e. The molecule has 0 aliphatic rings. The molecule has 0 aliphatic carbocycles. The molecule has 0 fully saturated rings. The Kier molecular flexibility index (Phi) is 5.96. The van der Waals surface area contributed by atoms with E-state index >= 15 is 0 Å². The molecule has 2 heterocycles. The Morgan fingerprint density at radius 1 is 0.939 bits per heavy atom. The standard InChI is InChI=1S/C22H18N6O4S/c1-15-3-7-17(8-4-15)28-14-11-19(29)20(26-28)21(30)25-16-5-9-18(10-6-16)33(31,32)27-22-23-12-2-13-24-22/h2-14H,1H3,(H,25,30)(H,23,24,27). The topological polar surface area (TPSA) is 136 Å². The molecule has 1 amide bonds. The molecule has 0 aliphatic heterocycles. The fourth-order valence-corrected chi connectivity index (χ4v) is 3.80. The van der Waals surface area contributed by atoms with Crippen LogP contribution in [0.15, 0.2) is 88.9 Å². The van der Waals surface area contributed by atoms with E-state index in [4.69, 9.17) is 0 Å². The minimum absolute atomic E-state index is 0.0486. The second-order valence-electron chi connectivity index (χ2n) is 6.97. The van der Waals surface area contributed by atoms with Crippen molar-refractivity contribution in [3.05, 3.63) is 101 Å². The van der Waals surface area contributed by atoms with E-state index in [0.29, 0.717) is 11.4 Å². The number of aryl methyl sites for hydroxylation is 1. The van der Waals surface area contributed by atoms with Crippen LogP contribution in [0.25, 0.3) is 5.69 Å². The highest BCUT2D eigenvalue weighted by Crippen LogP contribution is 2.17. The molecule has 0 atom stereocenters. The van der Waals surface area contributed by atoms with Gasteiger partial charge in [-0.1, -0.05) is 17.7 Å². The molecule has 0 unspecified atom stereocenters. The molecule has 0 spiro atoms. The first kappa shape index (κ1) is 21.8. The first-order valence-corrected chi connectivity index (χ1v) is 11.2. The summed E-state index contributed by atoms with van der Waals surface area (Å²) >= 11 is 0. The van der Waals surface area contributed by atoms with Gasteiger partial charge in [0.25, 0.3) is 15.9 Å². The highest BCUT2D eigenvalue weighted by atomic mass is 32.2. The number of rotatable bonds is 6. The zero-order valence-electron chi connectivity index (χ0n) is 17.3. The Morgan fingerprint density at radius 2 is 1.61 bits per heavy atom. The van der Waals surface area contributed by atoms with Gasteiger partial charge in [-0.15, -0.1) is 0 Å². The van der Waals surface area contributed by atoms with Gasteiger partial charge in [-0.05, 0) is 49.4 Å². The molecule has 2 aromatic carbocycles. The van der Waals surface area contributed by atoms with Crippen molar-refractivity contribution in [1.82, 2.24) is 19.7 Å². The molecule has 33 heavy (non-hydrogen) atoms. The van der Waals surface area contributed by atoms with E-state index < -0.39 is 21.4 Å². The molecule has 4 rings (SSSR count). The number of carbonyl (C=O) groups excluding carboxylic acids is 1. The number of hydrogen-bond donors (Lipinski definition) is 2. The normalized spacial score (nSPS) is 11.1. The van der Waals surface area contributed by atoms with Gasteiger partial charge >= 0.3 is 0 Å². The van der Waals surface area contributed by atoms with Crippen LogP contribution in [0.1, 0.15) is 16.1 Å². The smallest absolute Gasteiger partial charge is 0.280 e. The summed E-state index contributed by atoms with van der Waals surface area (Å²) < 4.78 is 28.6. The fraction of sp³-hybridized carbons (Fsp3) is 0.0455. The molecule has 2 N–H and O–H groups in total. The molecule has 4 aromatic rings. The number of benzene rings is 2. The van der Waals surface area contributed by atoms with Crippen molar-refractivity contribution in [2.45, 2.75) is 11.8 Å². The van der Waals surface area contributed by atoms with Crippen molar-refractivity contribution in [2.24, 2.45) is 0 Å². The summed E-state index contributed by atoms with van der Waals surface area (Å²) in [6, 6.07) is 15.7. The lowest BCUT2D eigenvalue weighted by molar-refractivity contribution is 0.101. The lowest BCUT2D eigenvalue weighted by Gasteiger charge is -2.09. The summed E-state index contributed by atoms with van der Waals surface area (Å²) in [4.78, 5) is 32.5. The van der Waals surface area contributed by atoms with Crippen molar-refractivity contribution in [2.75, 3.05) is 10.0 Å². The van der Waals surface area contributed by atoms with Crippen LogP contribution in [0, 0.1) is 6.92 Å². The number of anilines is 2. The molecule has 11 heteroatoms. The largest absolute Gasteiger partial charge is 0.320 e. The van der Waals surface area contributed by atoms with Crippen LogP contribution in [0.2, 0.25) is 0 Å². The lowest BCUT2D eigenvalue weighted by Crippen LogP contribution is -2.25. The Morgan fingerprint density at radius 3 is 2.27 bits per heavy atom. The summed E-state index contributed by atoms with van der Waals surface area (Å²) in [6.07, 6.45) is 4.30. The zero-order valence-corrected chi connectivity index (χ0v) is 18.2. The Balaban J connectivity index is 1.51. The second kappa shape index (κ2) is 9.01. The van der Waals surface area contributed by atoms with Crippen LogP contribution in [0.5, 0.6) is 0 Å². The average Bonchev–Trinajstić information content (AvgIpc) is 2.81. The van der Waals surface area contributed by atoms with Gasteiger partial charge in [0.1, 0.15) is 0 Å². The van der Waals surface area contributed by atoms with Crippen LogP contribution >= 0.6 is 0 Å². The minimum Gasteiger partial charge on any atom is -0.320 e. The summed E-state index contributed by atoms with van der Waals surface area (Å²) in [7, 11) is -3.91. The molecule has 10 nitrogen and oxygen atoms in total. The van der Waals surface area contributed by atoms with E-state index in [2.05, 4.69) is 25.1 Å². The summed E-state index contributed by atoms with van der Waals surface area (Å²) in [5.74, 6) is -0.775. The third-order valence-electron chi connectivity index (χ3n) is 4.54. The van der Waals surface area contributed by atoms with Gasteiger partial charge in [0, 0.05) is 30.3 Å². The Labute approximate surface area is 189 Å². The number of amides is 1. The third-order valence-corrected chi connectivity index (χ3v) is 5.88. The summed E-state index contributed by atoms with van der Waals surface area (Å²) in [6.45, 7) is 1.95. The van der Waals surface area contributed by atoms with E-state index in [0.717, 1.165) is 5.56 Å². The predicted octanol–water partition coefficient (Wildman–Crippen LogP) is 2.38. The van der Waals surface area contributed by atoms with Gasteiger partial charge in [0.15, 0.2) is 5.69 Å². The molecular formula is C22H18N6O4S. The van der Waals surface area contributed by atoms with Gasteiger partial charge in [-0.3, -0.25) is 9.59 Å². The number of nitrogens with zero attached hydrogens (tertiary/aromatic N) is 4. The molecule has 2 aromatic heterocycles. The number of aromatic nitrogens is 4. The van der Waals surface area contributed by atoms with Crippen LogP contribution in [-0.4, -0.2) is 34.1 Å². The van der Waals surface area contributed by atoms with Crippen molar-refractivity contribution < 1.29 is 13.2 Å². The molecule has 0 saturated carbocycles.